The number of anilines is 1. The van der Waals surface area contributed by atoms with Crippen LogP contribution in [-0.2, 0) is 16.6 Å². The minimum Gasteiger partial charge on any atom is -0.326 e. The Hall–Kier alpha value is -1.44. The standard InChI is InChI=1S/C14H16BrN3O2S/c1-9-5-12(6-10(2)14(9)15)18-21(19,20)13-4-3-11(7-16)8-17-13/h3-6,8,18H,7,16H2,1-2H3. The maximum atomic E-state index is 12.3. The number of sulfonamides is 1. The fourth-order valence-electron chi connectivity index (χ4n) is 1.90. The monoisotopic (exact) mass is 369 g/mol. The molecule has 0 amide bonds. The third-order valence-corrected chi connectivity index (χ3v) is 5.54. The van der Waals surface area contributed by atoms with Gasteiger partial charge in [-0.3, -0.25) is 4.72 Å². The molecule has 0 unspecified atom stereocenters. The van der Waals surface area contributed by atoms with Crippen LogP contribution in [0, 0.1) is 13.8 Å². The number of nitrogens with zero attached hydrogens (tertiary/aromatic N) is 1. The summed E-state index contributed by atoms with van der Waals surface area (Å²) in [5, 5.41) is -0.0297. The zero-order chi connectivity index (χ0) is 15.6. The molecular formula is C14H16BrN3O2S. The third-order valence-electron chi connectivity index (χ3n) is 3.00. The van der Waals surface area contributed by atoms with Crippen molar-refractivity contribution in [1.29, 1.82) is 0 Å². The Balaban J connectivity index is 2.32. The summed E-state index contributed by atoms with van der Waals surface area (Å²) in [6, 6.07) is 6.63. The van der Waals surface area contributed by atoms with E-state index in [9.17, 15) is 8.42 Å². The van der Waals surface area contributed by atoms with Crippen LogP contribution < -0.4 is 10.5 Å². The molecule has 1 heterocycles. The highest BCUT2D eigenvalue weighted by molar-refractivity contribution is 9.10. The molecule has 5 nitrogen and oxygen atoms in total. The molecule has 0 atom stereocenters. The average molecular weight is 370 g/mol. The van der Waals surface area contributed by atoms with E-state index in [1.807, 2.05) is 13.8 Å². The van der Waals surface area contributed by atoms with Crippen molar-refractivity contribution in [1.82, 2.24) is 4.98 Å². The first-order valence-corrected chi connectivity index (χ1v) is 8.55. The van der Waals surface area contributed by atoms with Crippen molar-refractivity contribution in [3.05, 3.63) is 51.6 Å². The Morgan fingerprint density at radius 3 is 2.33 bits per heavy atom. The number of halogens is 1. The van der Waals surface area contributed by atoms with E-state index in [0.29, 0.717) is 12.2 Å². The second-order valence-corrected chi connectivity index (χ2v) is 7.16. The molecule has 0 saturated carbocycles. The van der Waals surface area contributed by atoms with Crippen LogP contribution in [0.4, 0.5) is 5.69 Å². The molecule has 0 aliphatic carbocycles. The Labute approximate surface area is 132 Å². The molecule has 0 radical (unpaired) electrons. The summed E-state index contributed by atoms with van der Waals surface area (Å²) in [6.45, 7) is 4.14. The number of aromatic nitrogens is 1. The highest BCUT2D eigenvalue weighted by Gasteiger charge is 2.16. The molecule has 0 bridgehead atoms. The maximum Gasteiger partial charge on any atom is 0.279 e. The lowest BCUT2D eigenvalue weighted by atomic mass is 10.1. The first-order chi connectivity index (χ1) is 9.83. The first kappa shape index (κ1) is 15.9. The van der Waals surface area contributed by atoms with E-state index in [2.05, 4.69) is 25.6 Å². The fourth-order valence-corrected chi connectivity index (χ4v) is 3.10. The Kier molecular flexibility index (Phi) is 4.65. The number of nitrogens with two attached hydrogens (primary N) is 1. The molecule has 2 rings (SSSR count). The van der Waals surface area contributed by atoms with Crippen LogP contribution in [0.25, 0.3) is 0 Å². The second kappa shape index (κ2) is 6.13. The quantitative estimate of drug-likeness (QED) is 0.867. The van der Waals surface area contributed by atoms with Gasteiger partial charge in [0.15, 0.2) is 5.03 Å². The highest BCUT2D eigenvalue weighted by Crippen LogP contribution is 2.26. The summed E-state index contributed by atoms with van der Waals surface area (Å²) in [4.78, 5) is 3.94. The molecule has 2 aromatic rings. The summed E-state index contributed by atoms with van der Waals surface area (Å²) >= 11 is 3.45. The number of aryl methyl sites for hydroxylation is 2. The molecule has 21 heavy (non-hydrogen) atoms. The minimum absolute atomic E-state index is 0.0297. The van der Waals surface area contributed by atoms with Gasteiger partial charge in [0.2, 0.25) is 0 Å². The van der Waals surface area contributed by atoms with Crippen LogP contribution in [0.15, 0.2) is 40.0 Å². The van der Waals surface area contributed by atoms with Crippen molar-refractivity contribution in [3.63, 3.8) is 0 Å². The van der Waals surface area contributed by atoms with Gasteiger partial charge in [-0.15, -0.1) is 0 Å². The molecule has 1 aromatic heterocycles. The van der Waals surface area contributed by atoms with E-state index in [0.717, 1.165) is 21.2 Å². The van der Waals surface area contributed by atoms with E-state index in [1.165, 1.54) is 12.3 Å². The lowest BCUT2D eigenvalue weighted by Crippen LogP contribution is -2.15. The smallest absolute Gasteiger partial charge is 0.279 e. The molecule has 0 fully saturated rings. The van der Waals surface area contributed by atoms with Crippen molar-refractivity contribution in [2.24, 2.45) is 5.73 Å². The van der Waals surface area contributed by atoms with Gasteiger partial charge >= 0.3 is 0 Å². The average Bonchev–Trinajstić information content (AvgIpc) is 2.44. The normalized spacial score (nSPS) is 11.4. The summed E-state index contributed by atoms with van der Waals surface area (Å²) < 4.78 is 28.1. The van der Waals surface area contributed by atoms with Gasteiger partial charge in [0.25, 0.3) is 10.0 Å². The third kappa shape index (κ3) is 3.61. The largest absolute Gasteiger partial charge is 0.326 e. The summed E-state index contributed by atoms with van der Waals surface area (Å²) in [5.41, 5.74) is 8.68. The zero-order valence-electron chi connectivity index (χ0n) is 11.7. The van der Waals surface area contributed by atoms with Gasteiger partial charge in [-0.05, 0) is 48.7 Å². The van der Waals surface area contributed by atoms with Crippen molar-refractivity contribution < 1.29 is 8.42 Å². The SMILES string of the molecule is Cc1cc(NS(=O)(=O)c2ccc(CN)cn2)cc(C)c1Br. The molecule has 7 heteroatoms. The second-order valence-electron chi connectivity index (χ2n) is 4.74. The maximum absolute atomic E-state index is 12.3. The predicted molar refractivity (Wildman–Crippen MR) is 86.6 cm³/mol. The summed E-state index contributed by atoms with van der Waals surface area (Å²) in [6.07, 6.45) is 1.46. The number of rotatable bonds is 4. The highest BCUT2D eigenvalue weighted by atomic mass is 79.9. The van der Waals surface area contributed by atoms with E-state index in [-0.39, 0.29) is 5.03 Å². The lowest BCUT2D eigenvalue weighted by Gasteiger charge is -2.11. The van der Waals surface area contributed by atoms with Gasteiger partial charge in [0.05, 0.1) is 0 Å². The van der Waals surface area contributed by atoms with Gasteiger partial charge in [-0.25, -0.2) is 4.98 Å². The van der Waals surface area contributed by atoms with Crippen LogP contribution in [0.5, 0.6) is 0 Å². The van der Waals surface area contributed by atoms with Gasteiger partial charge in [-0.1, -0.05) is 22.0 Å². The number of nitrogens with one attached hydrogen (secondary N) is 1. The number of hydrogen-bond donors (Lipinski definition) is 2. The van der Waals surface area contributed by atoms with Crippen LogP contribution >= 0.6 is 15.9 Å². The van der Waals surface area contributed by atoms with Crippen molar-refractivity contribution >= 4 is 31.6 Å². The fraction of sp³-hybridized carbons (Fsp3) is 0.214. The van der Waals surface area contributed by atoms with Gasteiger partial charge in [0, 0.05) is 22.9 Å². The van der Waals surface area contributed by atoms with Crippen LogP contribution in [-0.4, -0.2) is 13.4 Å². The molecule has 0 saturated heterocycles. The molecule has 112 valence electrons. The first-order valence-electron chi connectivity index (χ1n) is 6.28. The minimum atomic E-state index is -3.70. The summed E-state index contributed by atoms with van der Waals surface area (Å²) in [7, 11) is -3.70. The molecule has 3 N–H and O–H groups in total. The Bertz CT molecular complexity index is 735. The lowest BCUT2D eigenvalue weighted by molar-refractivity contribution is 0.597. The molecule has 1 aromatic carbocycles. The van der Waals surface area contributed by atoms with Gasteiger partial charge in [0.1, 0.15) is 0 Å². The Morgan fingerprint density at radius 1 is 1.24 bits per heavy atom. The Morgan fingerprint density at radius 2 is 1.86 bits per heavy atom. The molecule has 0 aliphatic rings. The van der Waals surface area contributed by atoms with Crippen molar-refractivity contribution in [2.45, 2.75) is 25.4 Å². The molecular weight excluding hydrogens is 354 g/mol. The predicted octanol–water partition coefficient (Wildman–Crippen LogP) is 2.72. The zero-order valence-corrected chi connectivity index (χ0v) is 14.1. The van der Waals surface area contributed by atoms with Crippen LogP contribution in [0.3, 0.4) is 0 Å². The number of benzene rings is 1. The van der Waals surface area contributed by atoms with E-state index in [1.54, 1.807) is 18.2 Å². The van der Waals surface area contributed by atoms with Crippen molar-refractivity contribution in [3.8, 4) is 0 Å². The molecule has 0 spiro atoms. The molecule has 0 aliphatic heterocycles. The number of hydrogen-bond acceptors (Lipinski definition) is 4. The van der Waals surface area contributed by atoms with E-state index >= 15 is 0 Å². The number of pyridine rings is 1. The van der Waals surface area contributed by atoms with Crippen LogP contribution in [0.1, 0.15) is 16.7 Å². The topological polar surface area (TPSA) is 85.1 Å². The van der Waals surface area contributed by atoms with E-state index < -0.39 is 10.0 Å². The summed E-state index contributed by atoms with van der Waals surface area (Å²) in [5.74, 6) is 0. The van der Waals surface area contributed by atoms with E-state index in [4.69, 9.17) is 5.73 Å². The van der Waals surface area contributed by atoms with Crippen molar-refractivity contribution in [2.75, 3.05) is 4.72 Å². The van der Waals surface area contributed by atoms with Crippen LogP contribution in [0.2, 0.25) is 0 Å². The van der Waals surface area contributed by atoms with Gasteiger partial charge in [-0.2, -0.15) is 8.42 Å². The van der Waals surface area contributed by atoms with Gasteiger partial charge < -0.3 is 5.73 Å².